The predicted octanol–water partition coefficient (Wildman–Crippen LogP) is 2.39. The Bertz CT molecular complexity index is 342. The van der Waals surface area contributed by atoms with Gasteiger partial charge in [0.2, 0.25) is 0 Å². The van der Waals surface area contributed by atoms with Gasteiger partial charge in [0.1, 0.15) is 0 Å². The van der Waals surface area contributed by atoms with Crippen LogP contribution in [0.2, 0.25) is 0 Å². The number of rotatable bonds is 1. The van der Waals surface area contributed by atoms with Gasteiger partial charge in [0, 0.05) is 49.8 Å². The Morgan fingerprint density at radius 2 is 1.71 bits per heavy atom. The third kappa shape index (κ3) is 3.19. The minimum atomic E-state index is 0.286. The topological polar surface area (TPSA) is 19.4 Å². The van der Waals surface area contributed by atoms with E-state index in [4.69, 9.17) is 0 Å². The van der Waals surface area contributed by atoms with Crippen molar-refractivity contribution in [3.8, 4) is 0 Å². The molecule has 1 saturated heterocycles. The van der Waals surface area contributed by atoms with Crippen molar-refractivity contribution in [3.05, 3.63) is 24.5 Å². The van der Waals surface area contributed by atoms with Gasteiger partial charge in [0.15, 0.2) is 0 Å². The summed E-state index contributed by atoms with van der Waals surface area (Å²) in [5.74, 6) is 0. The molecule has 0 amide bonds. The molecule has 0 bridgehead atoms. The standard InChI is InChI=1S/C14H23N3/c1-14(2,3)17-10-4-9-16(11-12-17)13-5-7-15-8-6-13/h5-8H,4,9-12H2,1-3H3. The fourth-order valence-corrected chi connectivity index (χ4v) is 2.40. The average molecular weight is 233 g/mol. The summed E-state index contributed by atoms with van der Waals surface area (Å²) >= 11 is 0. The van der Waals surface area contributed by atoms with E-state index in [0.717, 1.165) is 19.6 Å². The molecule has 3 heteroatoms. The van der Waals surface area contributed by atoms with Crippen molar-refractivity contribution in [1.29, 1.82) is 0 Å². The second kappa shape index (κ2) is 5.05. The lowest BCUT2D eigenvalue weighted by atomic mass is 10.1. The Morgan fingerprint density at radius 1 is 1.00 bits per heavy atom. The maximum atomic E-state index is 4.08. The largest absolute Gasteiger partial charge is 0.370 e. The highest BCUT2D eigenvalue weighted by molar-refractivity contribution is 5.44. The molecule has 0 atom stereocenters. The summed E-state index contributed by atoms with van der Waals surface area (Å²) in [6.45, 7) is 11.5. The Morgan fingerprint density at radius 3 is 2.35 bits per heavy atom. The van der Waals surface area contributed by atoms with Crippen LogP contribution in [0.15, 0.2) is 24.5 Å². The minimum absolute atomic E-state index is 0.286. The van der Waals surface area contributed by atoms with Crippen LogP contribution in [0.25, 0.3) is 0 Å². The Labute approximate surface area is 104 Å². The third-order valence-corrected chi connectivity index (χ3v) is 3.47. The van der Waals surface area contributed by atoms with Crippen LogP contribution in [-0.2, 0) is 0 Å². The van der Waals surface area contributed by atoms with E-state index in [0.29, 0.717) is 0 Å². The molecule has 0 aliphatic carbocycles. The van der Waals surface area contributed by atoms with Gasteiger partial charge in [-0.1, -0.05) is 0 Å². The first-order chi connectivity index (χ1) is 8.07. The average Bonchev–Trinajstić information content (AvgIpc) is 2.55. The molecule has 0 unspecified atom stereocenters. The molecule has 0 saturated carbocycles. The van der Waals surface area contributed by atoms with Crippen LogP contribution in [0.5, 0.6) is 0 Å². The van der Waals surface area contributed by atoms with Crippen LogP contribution < -0.4 is 4.90 Å². The maximum Gasteiger partial charge on any atom is 0.0397 e. The van der Waals surface area contributed by atoms with Crippen LogP contribution in [0.1, 0.15) is 27.2 Å². The van der Waals surface area contributed by atoms with Crippen molar-refractivity contribution in [2.75, 3.05) is 31.1 Å². The summed E-state index contributed by atoms with van der Waals surface area (Å²) < 4.78 is 0. The summed E-state index contributed by atoms with van der Waals surface area (Å²) in [5.41, 5.74) is 1.59. The fourth-order valence-electron chi connectivity index (χ4n) is 2.40. The van der Waals surface area contributed by atoms with E-state index >= 15 is 0 Å². The van der Waals surface area contributed by atoms with E-state index in [9.17, 15) is 0 Å². The molecule has 1 aromatic heterocycles. The monoisotopic (exact) mass is 233 g/mol. The van der Waals surface area contributed by atoms with Gasteiger partial charge in [-0.2, -0.15) is 0 Å². The Kier molecular flexibility index (Phi) is 3.67. The molecule has 0 aromatic carbocycles. The number of hydrogen-bond acceptors (Lipinski definition) is 3. The summed E-state index contributed by atoms with van der Waals surface area (Å²) in [6, 6.07) is 4.21. The molecule has 2 rings (SSSR count). The molecule has 0 N–H and O–H groups in total. The fraction of sp³-hybridized carbons (Fsp3) is 0.643. The van der Waals surface area contributed by atoms with Crippen molar-refractivity contribution in [3.63, 3.8) is 0 Å². The van der Waals surface area contributed by atoms with Crippen molar-refractivity contribution < 1.29 is 0 Å². The second-order valence-electron chi connectivity index (χ2n) is 5.70. The minimum Gasteiger partial charge on any atom is -0.370 e. The van der Waals surface area contributed by atoms with E-state index in [1.165, 1.54) is 18.7 Å². The van der Waals surface area contributed by atoms with Crippen LogP contribution in [0, 0.1) is 0 Å². The van der Waals surface area contributed by atoms with Gasteiger partial charge >= 0.3 is 0 Å². The van der Waals surface area contributed by atoms with Crippen LogP contribution in [0.4, 0.5) is 5.69 Å². The molecule has 1 aliphatic heterocycles. The van der Waals surface area contributed by atoms with E-state index in [-0.39, 0.29) is 5.54 Å². The van der Waals surface area contributed by atoms with Gasteiger partial charge in [-0.05, 0) is 39.3 Å². The number of pyridine rings is 1. The number of nitrogens with zero attached hydrogens (tertiary/aromatic N) is 3. The zero-order chi connectivity index (χ0) is 12.3. The van der Waals surface area contributed by atoms with Crippen LogP contribution in [-0.4, -0.2) is 41.6 Å². The third-order valence-electron chi connectivity index (χ3n) is 3.47. The SMILES string of the molecule is CC(C)(C)N1CCCN(c2ccncc2)CC1. The molecular formula is C14H23N3. The summed E-state index contributed by atoms with van der Waals surface area (Å²) in [6.07, 6.45) is 4.99. The first-order valence-electron chi connectivity index (χ1n) is 6.47. The van der Waals surface area contributed by atoms with E-state index in [2.05, 4.69) is 47.7 Å². The normalized spacial score (nSPS) is 19.1. The van der Waals surface area contributed by atoms with Crippen molar-refractivity contribution >= 4 is 5.69 Å². The molecule has 0 radical (unpaired) electrons. The van der Waals surface area contributed by atoms with Crippen molar-refractivity contribution in [2.45, 2.75) is 32.7 Å². The van der Waals surface area contributed by atoms with Gasteiger partial charge in [-0.15, -0.1) is 0 Å². The molecule has 3 nitrogen and oxygen atoms in total. The first-order valence-corrected chi connectivity index (χ1v) is 6.47. The first kappa shape index (κ1) is 12.4. The second-order valence-corrected chi connectivity index (χ2v) is 5.70. The van der Waals surface area contributed by atoms with Crippen molar-refractivity contribution in [2.24, 2.45) is 0 Å². The molecule has 17 heavy (non-hydrogen) atoms. The van der Waals surface area contributed by atoms with E-state index in [1.807, 2.05) is 12.4 Å². The quantitative estimate of drug-likeness (QED) is 0.742. The zero-order valence-corrected chi connectivity index (χ0v) is 11.2. The van der Waals surface area contributed by atoms with E-state index in [1.54, 1.807) is 0 Å². The van der Waals surface area contributed by atoms with Gasteiger partial charge in [-0.3, -0.25) is 9.88 Å². The molecule has 0 spiro atoms. The molecule has 1 aromatic rings. The summed E-state index contributed by atoms with van der Waals surface area (Å²) in [5, 5.41) is 0. The van der Waals surface area contributed by atoms with Gasteiger partial charge < -0.3 is 4.90 Å². The predicted molar refractivity (Wildman–Crippen MR) is 72.4 cm³/mol. The van der Waals surface area contributed by atoms with Gasteiger partial charge in [0.05, 0.1) is 0 Å². The summed E-state index contributed by atoms with van der Waals surface area (Å²) in [4.78, 5) is 9.12. The number of aromatic nitrogens is 1. The van der Waals surface area contributed by atoms with Crippen LogP contribution >= 0.6 is 0 Å². The maximum absolute atomic E-state index is 4.08. The smallest absolute Gasteiger partial charge is 0.0397 e. The highest BCUT2D eigenvalue weighted by Gasteiger charge is 2.23. The number of hydrogen-bond donors (Lipinski definition) is 0. The van der Waals surface area contributed by atoms with Crippen molar-refractivity contribution in [1.82, 2.24) is 9.88 Å². The number of anilines is 1. The molecular weight excluding hydrogens is 210 g/mol. The van der Waals surface area contributed by atoms with Gasteiger partial charge in [0.25, 0.3) is 0 Å². The Hall–Kier alpha value is -1.09. The lowest BCUT2D eigenvalue weighted by Crippen LogP contribution is -2.43. The zero-order valence-electron chi connectivity index (χ0n) is 11.2. The molecule has 2 heterocycles. The van der Waals surface area contributed by atoms with Crippen LogP contribution in [0.3, 0.4) is 0 Å². The molecule has 94 valence electrons. The van der Waals surface area contributed by atoms with Gasteiger partial charge in [-0.25, -0.2) is 0 Å². The van der Waals surface area contributed by atoms with E-state index < -0.39 is 0 Å². The lowest BCUT2D eigenvalue weighted by molar-refractivity contribution is 0.148. The Balaban J connectivity index is 2.01. The highest BCUT2D eigenvalue weighted by atomic mass is 15.2. The molecule has 1 aliphatic rings. The summed E-state index contributed by atoms with van der Waals surface area (Å²) in [7, 11) is 0. The highest BCUT2D eigenvalue weighted by Crippen LogP contribution is 2.19. The molecule has 1 fully saturated rings. The lowest BCUT2D eigenvalue weighted by Gasteiger charge is -2.34.